The molecule has 1 heterocycles. The van der Waals surface area contributed by atoms with Crippen molar-refractivity contribution < 1.29 is 13.2 Å². The van der Waals surface area contributed by atoms with Crippen molar-refractivity contribution in [3.05, 3.63) is 35.7 Å². The summed E-state index contributed by atoms with van der Waals surface area (Å²) in [5.41, 5.74) is 0.269. The van der Waals surface area contributed by atoms with Crippen LogP contribution in [0.4, 0.5) is 0 Å². The van der Waals surface area contributed by atoms with Gasteiger partial charge in [-0.05, 0) is 62.2 Å². The molecule has 1 atom stereocenters. The lowest BCUT2D eigenvalue weighted by atomic mass is 10.2. The number of rotatable bonds is 7. The first kappa shape index (κ1) is 19.4. The van der Waals surface area contributed by atoms with Gasteiger partial charge in [-0.1, -0.05) is 6.07 Å². The predicted molar refractivity (Wildman–Crippen MR) is 98.5 cm³/mol. The van der Waals surface area contributed by atoms with E-state index in [-0.39, 0.29) is 22.4 Å². The van der Waals surface area contributed by atoms with E-state index in [0.717, 1.165) is 12.8 Å². The molecular weight excluding hydrogens is 368 g/mol. The van der Waals surface area contributed by atoms with Crippen molar-refractivity contribution in [3.8, 4) is 0 Å². The Labute approximate surface area is 158 Å². The van der Waals surface area contributed by atoms with Gasteiger partial charge in [0.05, 0.1) is 17.0 Å². The van der Waals surface area contributed by atoms with Crippen LogP contribution in [0.2, 0.25) is 0 Å². The second-order valence-corrected chi connectivity index (χ2v) is 9.05. The summed E-state index contributed by atoms with van der Waals surface area (Å²) in [6.45, 7) is 5.38. The summed E-state index contributed by atoms with van der Waals surface area (Å²) in [5.74, 6) is 0.214. The third kappa shape index (κ3) is 4.01. The van der Waals surface area contributed by atoms with Crippen LogP contribution in [0, 0.1) is 0 Å². The average Bonchev–Trinajstić information content (AvgIpc) is 3.37. The number of nitrogens with one attached hydrogen (secondary N) is 1. The van der Waals surface area contributed by atoms with Crippen LogP contribution in [0.1, 0.15) is 61.9 Å². The number of carbonyl (C=O) groups is 1. The number of aromatic nitrogens is 4. The number of tetrazole rings is 1. The normalized spacial score (nSPS) is 15.9. The van der Waals surface area contributed by atoms with Crippen LogP contribution in [0.25, 0.3) is 0 Å². The van der Waals surface area contributed by atoms with E-state index in [1.54, 1.807) is 37.6 Å². The van der Waals surface area contributed by atoms with Crippen molar-refractivity contribution in [1.82, 2.24) is 29.8 Å². The Morgan fingerprint density at radius 2 is 2.00 bits per heavy atom. The predicted octanol–water partition coefficient (Wildman–Crippen LogP) is 1.53. The molecule has 3 rings (SSSR count). The molecule has 0 spiro atoms. The molecule has 0 saturated heterocycles. The SMILES string of the molecule is CC(NC(=O)c1cccc(S(=O)(=O)N(C)C(C)C)c1)c1nnnn1C1CC1. The number of hydrogen-bond donors (Lipinski definition) is 1. The van der Waals surface area contributed by atoms with Crippen LogP contribution in [0.15, 0.2) is 29.2 Å². The second-order valence-electron chi connectivity index (χ2n) is 7.05. The summed E-state index contributed by atoms with van der Waals surface area (Å²) < 4.78 is 28.3. The lowest BCUT2D eigenvalue weighted by molar-refractivity contribution is 0.0937. The molecule has 1 amide bonds. The fourth-order valence-electron chi connectivity index (χ4n) is 2.65. The Morgan fingerprint density at radius 3 is 2.63 bits per heavy atom. The van der Waals surface area contributed by atoms with Crippen molar-refractivity contribution in [3.63, 3.8) is 0 Å². The second kappa shape index (κ2) is 7.35. The summed E-state index contributed by atoms with van der Waals surface area (Å²) in [6, 6.07) is 5.74. The van der Waals surface area contributed by atoms with Gasteiger partial charge in [-0.3, -0.25) is 4.79 Å². The van der Waals surface area contributed by atoms with Crippen LogP contribution in [-0.4, -0.2) is 51.9 Å². The Morgan fingerprint density at radius 1 is 1.30 bits per heavy atom. The largest absolute Gasteiger partial charge is 0.342 e. The number of sulfonamides is 1. The van der Waals surface area contributed by atoms with Crippen LogP contribution >= 0.6 is 0 Å². The highest BCUT2D eigenvalue weighted by Gasteiger charge is 2.30. The molecule has 1 aliphatic rings. The van der Waals surface area contributed by atoms with E-state index in [2.05, 4.69) is 20.8 Å². The molecule has 1 aliphatic carbocycles. The van der Waals surface area contributed by atoms with Gasteiger partial charge in [-0.2, -0.15) is 4.31 Å². The van der Waals surface area contributed by atoms with Crippen LogP contribution < -0.4 is 5.32 Å². The number of hydrogen-bond acceptors (Lipinski definition) is 6. The Balaban J connectivity index is 1.78. The van der Waals surface area contributed by atoms with Gasteiger partial charge in [-0.25, -0.2) is 13.1 Å². The van der Waals surface area contributed by atoms with Crippen LogP contribution in [-0.2, 0) is 10.0 Å². The molecule has 0 bridgehead atoms. The van der Waals surface area contributed by atoms with Crippen molar-refractivity contribution in [1.29, 1.82) is 0 Å². The van der Waals surface area contributed by atoms with Gasteiger partial charge >= 0.3 is 0 Å². The molecule has 1 aromatic heterocycles. The number of carbonyl (C=O) groups excluding carboxylic acids is 1. The van der Waals surface area contributed by atoms with Crippen molar-refractivity contribution in [2.24, 2.45) is 0 Å². The van der Waals surface area contributed by atoms with E-state index in [1.807, 2.05) is 0 Å². The fourth-order valence-corrected chi connectivity index (χ4v) is 4.06. The minimum atomic E-state index is -3.66. The van der Waals surface area contributed by atoms with Crippen LogP contribution in [0.3, 0.4) is 0 Å². The third-order valence-electron chi connectivity index (χ3n) is 4.65. The summed E-state index contributed by atoms with van der Waals surface area (Å²) >= 11 is 0. The smallest absolute Gasteiger partial charge is 0.251 e. The maximum absolute atomic E-state index is 12.6. The molecule has 1 aromatic carbocycles. The highest BCUT2D eigenvalue weighted by molar-refractivity contribution is 7.89. The van der Waals surface area contributed by atoms with E-state index in [9.17, 15) is 13.2 Å². The van der Waals surface area contributed by atoms with Gasteiger partial charge in [0.1, 0.15) is 0 Å². The Hall–Kier alpha value is -2.33. The quantitative estimate of drug-likeness (QED) is 0.765. The maximum atomic E-state index is 12.6. The first-order chi connectivity index (χ1) is 12.7. The Kier molecular flexibility index (Phi) is 5.29. The maximum Gasteiger partial charge on any atom is 0.251 e. The van der Waals surface area contributed by atoms with E-state index in [4.69, 9.17) is 0 Å². The zero-order chi connectivity index (χ0) is 19.8. The fraction of sp³-hybridized carbons (Fsp3) is 0.529. The molecule has 1 N–H and O–H groups in total. The van der Waals surface area contributed by atoms with Crippen LogP contribution in [0.5, 0.6) is 0 Å². The standard InChI is InChI=1S/C17H24N6O3S/c1-11(2)22(4)27(25,26)15-7-5-6-13(10-15)17(24)18-12(3)16-19-20-21-23(16)14-8-9-14/h5-7,10-12,14H,8-9H2,1-4H3,(H,18,24). The van der Waals surface area contributed by atoms with Gasteiger partial charge < -0.3 is 5.32 Å². The minimum absolute atomic E-state index is 0.0850. The molecule has 2 aromatic rings. The van der Waals surface area contributed by atoms with Crippen molar-refractivity contribution in [2.45, 2.75) is 56.6 Å². The molecule has 1 unspecified atom stereocenters. The minimum Gasteiger partial charge on any atom is -0.342 e. The first-order valence-corrected chi connectivity index (χ1v) is 10.3. The van der Waals surface area contributed by atoms with E-state index in [1.165, 1.54) is 23.5 Å². The molecule has 9 nitrogen and oxygen atoms in total. The van der Waals surface area contributed by atoms with E-state index in [0.29, 0.717) is 11.9 Å². The zero-order valence-electron chi connectivity index (χ0n) is 15.8. The molecule has 27 heavy (non-hydrogen) atoms. The zero-order valence-corrected chi connectivity index (χ0v) is 16.6. The lowest BCUT2D eigenvalue weighted by Crippen LogP contribution is -2.33. The highest BCUT2D eigenvalue weighted by atomic mass is 32.2. The van der Waals surface area contributed by atoms with Gasteiger partial charge in [0, 0.05) is 18.7 Å². The monoisotopic (exact) mass is 392 g/mol. The average molecular weight is 392 g/mol. The molecule has 10 heteroatoms. The van der Waals surface area contributed by atoms with Gasteiger partial charge in [0.25, 0.3) is 5.91 Å². The molecule has 1 fully saturated rings. The first-order valence-electron chi connectivity index (χ1n) is 8.88. The van der Waals surface area contributed by atoms with Gasteiger partial charge in [-0.15, -0.1) is 5.10 Å². The topological polar surface area (TPSA) is 110 Å². The molecule has 0 aliphatic heterocycles. The van der Waals surface area contributed by atoms with E-state index >= 15 is 0 Å². The third-order valence-corrected chi connectivity index (χ3v) is 6.68. The Bertz CT molecular complexity index is 936. The number of nitrogens with zero attached hydrogens (tertiary/aromatic N) is 5. The molecular formula is C17H24N6O3S. The summed E-state index contributed by atoms with van der Waals surface area (Å²) in [4.78, 5) is 12.7. The summed E-state index contributed by atoms with van der Waals surface area (Å²) in [7, 11) is -2.14. The molecule has 146 valence electrons. The van der Waals surface area contributed by atoms with Crippen molar-refractivity contribution >= 4 is 15.9 Å². The van der Waals surface area contributed by atoms with Gasteiger partial charge in [0.2, 0.25) is 10.0 Å². The van der Waals surface area contributed by atoms with Crippen molar-refractivity contribution in [2.75, 3.05) is 7.05 Å². The summed E-state index contributed by atoms with van der Waals surface area (Å²) in [6.07, 6.45) is 2.06. The number of benzene rings is 1. The number of amides is 1. The molecule has 1 saturated carbocycles. The van der Waals surface area contributed by atoms with Gasteiger partial charge in [0.15, 0.2) is 5.82 Å². The highest BCUT2D eigenvalue weighted by Crippen LogP contribution is 2.35. The molecule has 0 radical (unpaired) electrons. The lowest BCUT2D eigenvalue weighted by Gasteiger charge is -2.21. The summed E-state index contributed by atoms with van der Waals surface area (Å²) in [5, 5.41) is 14.5. The van der Waals surface area contributed by atoms with E-state index < -0.39 is 16.1 Å².